The molecule has 1 aromatic heterocycles. The fraction of sp³-hybridized carbons (Fsp3) is 0.154. The van der Waals surface area contributed by atoms with Gasteiger partial charge < -0.3 is 9.73 Å². The summed E-state index contributed by atoms with van der Waals surface area (Å²) in [6, 6.07) is 8.94. The van der Waals surface area contributed by atoms with Gasteiger partial charge in [0.2, 0.25) is 0 Å². The van der Waals surface area contributed by atoms with Crippen LogP contribution in [0.1, 0.15) is 28.9 Å². The summed E-state index contributed by atoms with van der Waals surface area (Å²) in [7, 11) is 0. The summed E-state index contributed by atoms with van der Waals surface area (Å²) in [5.41, 5.74) is 1.48. The first-order valence-corrected chi connectivity index (χ1v) is 5.63. The molecule has 1 N–H and O–H groups in total. The van der Waals surface area contributed by atoms with E-state index < -0.39 is 0 Å². The monoisotopic (exact) mass is 249 g/mol. The Balaban J connectivity index is 2.07. The maximum absolute atomic E-state index is 11.8. The smallest absolute Gasteiger partial charge is 0.255 e. The van der Waals surface area contributed by atoms with E-state index in [0.29, 0.717) is 10.6 Å². The quantitative estimate of drug-likeness (QED) is 0.906. The molecule has 4 heteroatoms. The Bertz CT molecular complexity index is 508. The summed E-state index contributed by atoms with van der Waals surface area (Å²) in [5.74, 6) is -0.161. The van der Waals surface area contributed by atoms with Gasteiger partial charge in [-0.3, -0.25) is 4.79 Å². The number of amides is 1. The lowest BCUT2D eigenvalue weighted by atomic mass is 10.1. The molecule has 0 aliphatic heterocycles. The average molecular weight is 250 g/mol. The molecule has 0 saturated carbocycles. The van der Waals surface area contributed by atoms with Crippen molar-refractivity contribution in [2.24, 2.45) is 0 Å². The number of halogens is 1. The van der Waals surface area contributed by atoms with Gasteiger partial charge in [-0.2, -0.15) is 0 Å². The van der Waals surface area contributed by atoms with Crippen LogP contribution < -0.4 is 5.32 Å². The highest BCUT2D eigenvalue weighted by molar-refractivity contribution is 6.30. The number of nitrogens with one attached hydrogen (secondary N) is 1. The predicted molar refractivity (Wildman–Crippen MR) is 66.0 cm³/mol. The number of furan rings is 1. The van der Waals surface area contributed by atoms with Crippen molar-refractivity contribution in [1.29, 1.82) is 0 Å². The Morgan fingerprint density at radius 2 is 2.24 bits per heavy atom. The molecule has 0 saturated heterocycles. The van der Waals surface area contributed by atoms with E-state index in [1.54, 1.807) is 12.1 Å². The molecule has 0 spiro atoms. The second-order valence-corrected chi connectivity index (χ2v) is 4.20. The van der Waals surface area contributed by atoms with Crippen LogP contribution >= 0.6 is 11.6 Å². The van der Waals surface area contributed by atoms with Gasteiger partial charge in [-0.05, 0) is 30.7 Å². The van der Waals surface area contributed by atoms with E-state index in [1.165, 1.54) is 12.5 Å². The van der Waals surface area contributed by atoms with Crippen LogP contribution in [0.5, 0.6) is 0 Å². The first-order chi connectivity index (χ1) is 8.16. The van der Waals surface area contributed by atoms with Crippen molar-refractivity contribution in [3.8, 4) is 0 Å². The fourth-order valence-corrected chi connectivity index (χ4v) is 1.73. The molecule has 1 amide bonds. The fourth-order valence-electron chi connectivity index (χ4n) is 1.53. The van der Waals surface area contributed by atoms with E-state index in [0.717, 1.165) is 5.56 Å². The molecule has 0 aliphatic carbocycles. The summed E-state index contributed by atoms with van der Waals surface area (Å²) < 4.78 is 4.86. The second-order valence-electron chi connectivity index (χ2n) is 3.76. The minimum Gasteiger partial charge on any atom is -0.472 e. The van der Waals surface area contributed by atoms with Crippen molar-refractivity contribution in [3.05, 3.63) is 59.0 Å². The highest BCUT2D eigenvalue weighted by Crippen LogP contribution is 2.17. The van der Waals surface area contributed by atoms with Gasteiger partial charge in [0.05, 0.1) is 17.9 Å². The van der Waals surface area contributed by atoms with Gasteiger partial charge in [0.25, 0.3) is 5.91 Å². The summed E-state index contributed by atoms with van der Waals surface area (Å²) in [6.07, 6.45) is 2.89. The van der Waals surface area contributed by atoms with Gasteiger partial charge in [-0.25, -0.2) is 0 Å². The Hall–Kier alpha value is -1.74. The number of carbonyl (C=O) groups excluding carboxylic acids is 1. The third-order valence-electron chi connectivity index (χ3n) is 2.48. The SMILES string of the molecule is CC(NC(=O)c1ccoc1)c1cccc(Cl)c1. The van der Waals surface area contributed by atoms with Gasteiger partial charge in [0, 0.05) is 5.02 Å². The lowest BCUT2D eigenvalue weighted by Crippen LogP contribution is -2.26. The molecule has 0 bridgehead atoms. The van der Waals surface area contributed by atoms with Crippen LogP contribution in [0, 0.1) is 0 Å². The van der Waals surface area contributed by atoms with Gasteiger partial charge in [0.15, 0.2) is 0 Å². The third-order valence-corrected chi connectivity index (χ3v) is 2.71. The van der Waals surface area contributed by atoms with Crippen LogP contribution in [0.4, 0.5) is 0 Å². The molecule has 0 aliphatic rings. The summed E-state index contributed by atoms with van der Waals surface area (Å²) in [6.45, 7) is 1.91. The van der Waals surface area contributed by atoms with E-state index in [-0.39, 0.29) is 11.9 Å². The van der Waals surface area contributed by atoms with Crippen molar-refractivity contribution in [2.75, 3.05) is 0 Å². The maximum atomic E-state index is 11.8. The molecule has 1 atom stereocenters. The normalized spacial score (nSPS) is 12.1. The third kappa shape index (κ3) is 2.88. The number of rotatable bonds is 3. The average Bonchev–Trinajstić information content (AvgIpc) is 2.82. The molecule has 0 radical (unpaired) electrons. The predicted octanol–water partition coefficient (Wildman–Crippen LogP) is 3.42. The van der Waals surface area contributed by atoms with E-state index in [1.807, 2.05) is 25.1 Å². The van der Waals surface area contributed by atoms with Gasteiger partial charge in [-0.1, -0.05) is 23.7 Å². The summed E-state index contributed by atoms with van der Waals surface area (Å²) in [5, 5.41) is 3.53. The molecule has 3 nitrogen and oxygen atoms in total. The van der Waals surface area contributed by atoms with Gasteiger partial charge >= 0.3 is 0 Å². The molecule has 1 unspecified atom stereocenters. The van der Waals surface area contributed by atoms with Gasteiger partial charge in [-0.15, -0.1) is 0 Å². The minimum atomic E-state index is -0.161. The van der Waals surface area contributed by atoms with Crippen molar-refractivity contribution >= 4 is 17.5 Å². The number of hydrogen-bond donors (Lipinski definition) is 1. The zero-order valence-corrected chi connectivity index (χ0v) is 10.1. The van der Waals surface area contributed by atoms with Crippen LogP contribution in [-0.4, -0.2) is 5.91 Å². The molecule has 1 aromatic carbocycles. The summed E-state index contributed by atoms with van der Waals surface area (Å²) in [4.78, 5) is 11.8. The van der Waals surface area contributed by atoms with E-state index in [2.05, 4.69) is 5.32 Å². The summed E-state index contributed by atoms with van der Waals surface area (Å²) >= 11 is 5.90. The zero-order chi connectivity index (χ0) is 12.3. The maximum Gasteiger partial charge on any atom is 0.255 e. The Labute approximate surface area is 104 Å². The van der Waals surface area contributed by atoms with Crippen molar-refractivity contribution < 1.29 is 9.21 Å². The van der Waals surface area contributed by atoms with Crippen molar-refractivity contribution in [3.63, 3.8) is 0 Å². The Morgan fingerprint density at radius 3 is 2.88 bits per heavy atom. The van der Waals surface area contributed by atoms with E-state index in [4.69, 9.17) is 16.0 Å². The van der Waals surface area contributed by atoms with Crippen molar-refractivity contribution in [1.82, 2.24) is 5.32 Å². The lowest BCUT2D eigenvalue weighted by molar-refractivity contribution is 0.0939. The molecule has 88 valence electrons. The minimum absolute atomic E-state index is 0.101. The highest BCUT2D eigenvalue weighted by Gasteiger charge is 2.12. The zero-order valence-electron chi connectivity index (χ0n) is 9.31. The standard InChI is InChI=1S/C13H12ClNO2/c1-9(10-3-2-4-12(14)7-10)15-13(16)11-5-6-17-8-11/h2-9H,1H3,(H,15,16). The molecule has 0 fully saturated rings. The molecular formula is C13H12ClNO2. The second kappa shape index (κ2) is 5.06. The van der Waals surface area contributed by atoms with Crippen LogP contribution in [0.25, 0.3) is 0 Å². The van der Waals surface area contributed by atoms with Crippen molar-refractivity contribution in [2.45, 2.75) is 13.0 Å². The molecule has 2 rings (SSSR count). The largest absolute Gasteiger partial charge is 0.472 e. The number of hydrogen-bond acceptors (Lipinski definition) is 2. The molecule has 2 aromatic rings. The Morgan fingerprint density at radius 1 is 1.41 bits per heavy atom. The van der Waals surface area contributed by atoms with Crippen LogP contribution in [0.3, 0.4) is 0 Å². The number of benzene rings is 1. The first-order valence-electron chi connectivity index (χ1n) is 5.25. The van der Waals surface area contributed by atoms with Gasteiger partial charge in [0.1, 0.15) is 6.26 Å². The van der Waals surface area contributed by atoms with E-state index in [9.17, 15) is 4.79 Å². The first kappa shape index (κ1) is 11.7. The lowest BCUT2D eigenvalue weighted by Gasteiger charge is -2.13. The van der Waals surface area contributed by atoms with Crippen LogP contribution in [-0.2, 0) is 0 Å². The van der Waals surface area contributed by atoms with Crippen LogP contribution in [0.15, 0.2) is 47.3 Å². The topological polar surface area (TPSA) is 42.2 Å². The molecule has 1 heterocycles. The molecular weight excluding hydrogens is 238 g/mol. The number of carbonyl (C=O) groups is 1. The Kier molecular flexibility index (Phi) is 3.49. The highest BCUT2D eigenvalue weighted by atomic mass is 35.5. The van der Waals surface area contributed by atoms with Crippen LogP contribution in [0.2, 0.25) is 5.02 Å². The van der Waals surface area contributed by atoms with E-state index >= 15 is 0 Å². The molecule has 17 heavy (non-hydrogen) atoms.